The summed E-state index contributed by atoms with van der Waals surface area (Å²) in [4.78, 5) is 10.6. The lowest BCUT2D eigenvalue weighted by Gasteiger charge is -2.12. The maximum Gasteiger partial charge on any atom is 0.246 e. The Bertz CT molecular complexity index is 154. The maximum absolute atomic E-state index is 10.6. The van der Waals surface area contributed by atoms with Crippen LogP contribution in [-0.2, 0) is 9.53 Å². The average Bonchev–Trinajstić information content (AvgIpc) is 2.10. The summed E-state index contributed by atoms with van der Waals surface area (Å²) in [6.07, 6.45) is 0.400. The van der Waals surface area contributed by atoms with Gasteiger partial charge in [0, 0.05) is 0 Å². The van der Waals surface area contributed by atoms with Crippen molar-refractivity contribution in [2.45, 2.75) is 26.4 Å². The molecule has 0 aliphatic carbocycles. The molecule has 1 unspecified atom stereocenters. The fourth-order valence-corrected chi connectivity index (χ4v) is 1.13. The molecule has 1 rings (SSSR count). The van der Waals surface area contributed by atoms with Crippen LogP contribution in [0, 0.1) is 5.41 Å². The van der Waals surface area contributed by atoms with Crippen LogP contribution in [0.3, 0.4) is 0 Å². The van der Waals surface area contributed by atoms with Crippen molar-refractivity contribution in [2.75, 3.05) is 6.61 Å². The molecule has 1 aliphatic rings. The Balaban J connectivity index is 2.51. The van der Waals surface area contributed by atoms with E-state index in [1.54, 1.807) is 0 Å². The molecule has 2 N–H and O–H groups in total. The van der Waals surface area contributed by atoms with Crippen LogP contribution in [0.25, 0.3) is 0 Å². The minimum Gasteiger partial charge on any atom is -0.368 e. The zero-order valence-corrected chi connectivity index (χ0v) is 6.39. The number of rotatable bonds is 1. The van der Waals surface area contributed by atoms with E-state index in [0.717, 1.165) is 6.42 Å². The van der Waals surface area contributed by atoms with Crippen molar-refractivity contribution in [2.24, 2.45) is 11.1 Å². The average molecular weight is 143 g/mol. The molecular formula is C7H13NO2. The second-order valence-electron chi connectivity index (χ2n) is 3.57. The molecular weight excluding hydrogens is 130 g/mol. The largest absolute Gasteiger partial charge is 0.368 e. The summed E-state index contributed by atoms with van der Waals surface area (Å²) in [6.45, 7) is 4.77. The van der Waals surface area contributed by atoms with Gasteiger partial charge in [-0.05, 0) is 11.8 Å². The molecule has 58 valence electrons. The molecule has 1 saturated heterocycles. The number of carbonyl (C=O) groups excluding carboxylic acids is 1. The van der Waals surface area contributed by atoms with Crippen LogP contribution in [0.2, 0.25) is 0 Å². The Morgan fingerprint density at radius 3 is 2.50 bits per heavy atom. The molecule has 0 aromatic carbocycles. The Labute approximate surface area is 60.5 Å². The van der Waals surface area contributed by atoms with Crippen LogP contribution in [0.4, 0.5) is 0 Å². The Hall–Kier alpha value is -0.570. The monoisotopic (exact) mass is 143 g/mol. The fraction of sp³-hybridized carbons (Fsp3) is 0.857. The van der Waals surface area contributed by atoms with E-state index in [1.807, 2.05) is 0 Å². The molecule has 0 aromatic rings. The molecule has 10 heavy (non-hydrogen) atoms. The van der Waals surface area contributed by atoms with Crippen molar-refractivity contribution in [3.63, 3.8) is 0 Å². The number of hydrogen-bond acceptors (Lipinski definition) is 2. The van der Waals surface area contributed by atoms with E-state index in [-0.39, 0.29) is 17.4 Å². The first-order chi connectivity index (χ1) is 4.51. The number of amides is 1. The van der Waals surface area contributed by atoms with Crippen LogP contribution in [0.15, 0.2) is 0 Å². The van der Waals surface area contributed by atoms with Gasteiger partial charge in [0.1, 0.15) is 6.10 Å². The van der Waals surface area contributed by atoms with Crippen LogP contribution >= 0.6 is 0 Å². The van der Waals surface area contributed by atoms with Crippen LogP contribution in [0.1, 0.15) is 20.3 Å². The van der Waals surface area contributed by atoms with Gasteiger partial charge in [0.05, 0.1) is 6.61 Å². The molecule has 1 aliphatic heterocycles. The highest BCUT2D eigenvalue weighted by atomic mass is 16.5. The molecule has 0 saturated carbocycles. The third-order valence-corrected chi connectivity index (χ3v) is 1.73. The third kappa shape index (κ3) is 1.48. The van der Waals surface area contributed by atoms with Crippen LogP contribution < -0.4 is 5.73 Å². The Morgan fingerprint density at radius 1 is 1.70 bits per heavy atom. The van der Waals surface area contributed by atoms with Crippen LogP contribution in [-0.4, -0.2) is 18.6 Å². The Kier molecular flexibility index (Phi) is 1.68. The van der Waals surface area contributed by atoms with E-state index in [2.05, 4.69) is 13.8 Å². The van der Waals surface area contributed by atoms with Gasteiger partial charge in [0.25, 0.3) is 0 Å². The van der Waals surface area contributed by atoms with E-state index in [4.69, 9.17) is 10.5 Å². The lowest BCUT2D eigenvalue weighted by atomic mass is 9.90. The minimum absolute atomic E-state index is 0.125. The number of hydrogen-bond donors (Lipinski definition) is 1. The lowest BCUT2D eigenvalue weighted by Crippen LogP contribution is -2.27. The fourth-order valence-electron chi connectivity index (χ4n) is 1.13. The van der Waals surface area contributed by atoms with E-state index in [1.165, 1.54) is 0 Å². The van der Waals surface area contributed by atoms with Gasteiger partial charge in [-0.15, -0.1) is 0 Å². The lowest BCUT2D eigenvalue weighted by molar-refractivity contribution is -0.126. The van der Waals surface area contributed by atoms with Crippen molar-refractivity contribution in [1.82, 2.24) is 0 Å². The first-order valence-electron chi connectivity index (χ1n) is 3.42. The molecule has 0 spiro atoms. The van der Waals surface area contributed by atoms with Crippen molar-refractivity contribution >= 4 is 5.91 Å². The SMILES string of the molecule is CC1(C)COC(C(N)=O)C1. The summed E-state index contributed by atoms with van der Waals surface area (Å²) < 4.78 is 5.16. The predicted molar refractivity (Wildman–Crippen MR) is 37.3 cm³/mol. The van der Waals surface area contributed by atoms with Gasteiger partial charge < -0.3 is 10.5 Å². The number of primary amides is 1. The predicted octanol–water partition coefficient (Wildman–Crippen LogP) is 0.287. The van der Waals surface area contributed by atoms with E-state index in [0.29, 0.717) is 6.61 Å². The van der Waals surface area contributed by atoms with Crippen molar-refractivity contribution in [3.05, 3.63) is 0 Å². The van der Waals surface area contributed by atoms with Crippen molar-refractivity contribution in [3.8, 4) is 0 Å². The maximum atomic E-state index is 10.6. The first-order valence-corrected chi connectivity index (χ1v) is 3.42. The van der Waals surface area contributed by atoms with Gasteiger partial charge in [0.15, 0.2) is 0 Å². The molecule has 0 aromatic heterocycles. The standard InChI is InChI=1S/C7H13NO2/c1-7(2)3-5(6(8)9)10-4-7/h5H,3-4H2,1-2H3,(H2,8,9). The molecule has 3 nitrogen and oxygen atoms in total. The normalized spacial score (nSPS) is 30.4. The summed E-state index contributed by atoms with van der Waals surface area (Å²) in [5.41, 5.74) is 5.18. The smallest absolute Gasteiger partial charge is 0.246 e. The first kappa shape index (κ1) is 7.54. The second-order valence-corrected chi connectivity index (χ2v) is 3.57. The Morgan fingerprint density at radius 2 is 2.30 bits per heavy atom. The van der Waals surface area contributed by atoms with E-state index >= 15 is 0 Å². The second kappa shape index (κ2) is 2.23. The summed E-state index contributed by atoms with van der Waals surface area (Å²) in [6, 6.07) is 0. The van der Waals surface area contributed by atoms with Gasteiger partial charge in [0.2, 0.25) is 5.91 Å². The molecule has 1 fully saturated rings. The molecule has 3 heteroatoms. The highest BCUT2D eigenvalue weighted by molar-refractivity contribution is 5.79. The quantitative estimate of drug-likeness (QED) is 0.573. The molecule has 1 atom stereocenters. The van der Waals surface area contributed by atoms with Crippen molar-refractivity contribution in [1.29, 1.82) is 0 Å². The molecule has 0 bridgehead atoms. The zero-order chi connectivity index (χ0) is 7.78. The van der Waals surface area contributed by atoms with Gasteiger partial charge in [-0.1, -0.05) is 13.8 Å². The third-order valence-electron chi connectivity index (χ3n) is 1.73. The number of nitrogens with two attached hydrogens (primary N) is 1. The number of carbonyl (C=O) groups is 1. The molecule has 1 amide bonds. The summed E-state index contributed by atoms with van der Waals surface area (Å²) in [5.74, 6) is -0.342. The highest BCUT2D eigenvalue weighted by Gasteiger charge is 2.34. The summed E-state index contributed by atoms with van der Waals surface area (Å²) in [5, 5.41) is 0. The van der Waals surface area contributed by atoms with Gasteiger partial charge in [-0.2, -0.15) is 0 Å². The van der Waals surface area contributed by atoms with Crippen LogP contribution in [0.5, 0.6) is 0 Å². The summed E-state index contributed by atoms with van der Waals surface area (Å²) in [7, 11) is 0. The zero-order valence-electron chi connectivity index (χ0n) is 6.39. The number of ether oxygens (including phenoxy) is 1. The van der Waals surface area contributed by atoms with E-state index < -0.39 is 0 Å². The molecule has 0 radical (unpaired) electrons. The molecule has 1 heterocycles. The van der Waals surface area contributed by atoms with Crippen molar-refractivity contribution < 1.29 is 9.53 Å². The van der Waals surface area contributed by atoms with Gasteiger partial charge >= 0.3 is 0 Å². The van der Waals surface area contributed by atoms with E-state index in [9.17, 15) is 4.79 Å². The highest BCUT2D eigenvalue weighted by Crippen LogP contribution is 2.30. The summed E-state index contributed by atoms with van der Waals surface area (Å²) >= 11 is 0. The topological polar surface area (TPSA) is 52.3 Å². The minimum atomic E-state index is -0.352. The van der Waals surface area contributed by atoms with Gasteiger partial charge in [-0.25, -0.2) is 0 Å². The van der Waals surface area contributed by atoms with Gasteiger partial charge in [-0.3, -0.25) is 4.79 Å².